The summed E-state index contributed by atoms with van der Waals surface area (Å²) in [5, 5.41) is 0.553. The van der Waals surface area contributed by atoms with Crippen LogP contribution in [0, 0.1) is 0 Å². The van der Waals surface area contributed by atoms with Crippen molar-refractivity contribution in [3.8, 4) is 0 Å². The molecule has 1 fully saturated rings. The number of hydrogen-bond acceptors (Lipinski definition) is 2. The van der Waals surface area contributed by atoms with Gasteiger partial charge in [0.25, 0.3) is 0 Å². The van der Waals surface area contributed by atoms with Crippen LogP contribution in [0.2, 0.25) is 0 Å². The molecule has 1 nitrogen and oxygen atoms in total. The Balaban J connectivity index is 2.19. The number of rotatable bonds is 1. The maximum atomic E-state index is 2.44. The van der Waals surface area contributed by atoms with Gasteiger partial charge in [-0.15, -0.1) is 11.8 Å². The molecule has 1 aliphatic heterocycles. The number of nitrogens with zero attached hydrogens (tertiary/aromatic N) is 1. The Labute approximate surface area is 97.4 Å². The van der Waals surface area contributed by atoms with Crippen LogP contribution >= 0.6 is 34.6 Å². The van der Waals surface area contributed by atoms with Crippen LogP contribution in [-0.2, 0) is 0 Å². The van der Waals surface area contributed by atoms with Gasteiger partial charge in [0.1, 0.15) is 0 Å². The van der Waals surface area contributed by atoms with Crippen molar-refractivity contribution in [2.24, 2.45) is 0 Å². The van der Waals surface area contributed by atoms with Gasteiger partial charge < -0.3 is 0 Å². The van der Waals surface area contributed by atoms with E-state index in [4.69, 9.17) is 0 Å². The quantitative estimate of drug-likeness (QED) is 0.577. The molecule has 0 bridgehead atoms. The molecule has 1 aromatic carbocycles. The zero-order chi connectivity index (χ0) is 9.26. The Morgan fingerprint density at radius 1 is 1.38 bits per heavy atom. The van der Waals surface area contributed by atoms with Crippen molar-refractivity contribution in [2.45, 2.75) is 18.3 Å². The monoisotopic (exact) mass is 305 g/mol. The summed E-state index contributed by atoms with van der Waals surface area (Å²) in [6.45, 7) is 2.28. The number of hydrogen-bond donors (Lipinski definition) is 0. The first-order chi connectivity index (χ1) is 6.29. The van der Waals surface area contributed by atoms with Crippen molar-refractivity contribution in [1.29, 1.82) is 0 Å². The van der Waals surface area contributed by atoms with Gasteiger partial charge in [0.15, 0.2) is 0 Å². The molecule has 0 radical (unpaired) electrons. The van der Waals surface area contributed by atoms with Crippen molar-refractivity contribution in [2.75, 3.05) is 5.75 Å². The maximum absolute atomic E-state index is 2.44. The van der Waals surface area contributed by atoms with Crippen LogP contribution in [0.15, 0.2) is 30.3 Å². The average molecular weight is 305 g/mol. The second kappa shape index (κ2) is 4.19. The molecular weight excluding hydrogens is 293 g/mol. The normalized spacial score (nSPS) is 29.4. The fourth-order valence-electron chi connectivity index (χ4n) is 1.46. The number of halogens is 1. The van der Waals surface area contributed by atoms with Crippen LogP contribution in [0.5, 0.6) is 0 Å². The number of benzene rings is 1. The fraction of sp³-hybridized carbons (Fsp3) is 0.400. The molecule has 0 N–H and O–H groups in total. The van der Waals surface area contributed by atoms with E-state index in [-0.39, 0.29) is 0 Å². The van der Waals surface area contributed by atoms with E-state index in [1.54, 1.807) is 0 Å². The lowest BCUT2D eigenvalue weighted by Gasteiger charge is -2.19. The first-order valence-electron chi connectivity index (χ1n) is 4.39. The summed E-state index contributed by atoms with van der Waals surface area (Å²) in [6.07, 6.45) is 0. The standard InChI is InChI=1S/C10H12INS/c1-8-7-13-10(12(8)11)9-5-3-2-4-6-9/h2-6,8,10H,7H2,1H3. The summed E-state index contributed by atoms with van der Waals surface area (Å²) in [4.78, 5) is 0. The minimum absolute atomic E-state index is 0.553. The van der Waals surface area contributed by atoms with Gasteiger partial charge in [0.05, 0.1) is 5.37 Å². The Kier molecular flexibility index (Phi) is 3.16. The molecule has 2 unspecified atom stereocenters. The van der Waals surface area contributed by atoms with Crippen LogP contribution < -0.4 is 0 Å². The lowest BCUT2D eigenvalue weighted by Crippen LogP contribution is -2.19. The van der Waals surface area contributed by atoms with E-state index >= 15 is 0 Å². The largest absolute Gasteiger partial charge is 0.227 e. The Morgan fingerprint density at radius 3 is 2.62 bits per heavy atom. The predicted octanol–water partition coefficient (Wildman–Crippen LogP) is 3.47. The van der Waals surface area contributed by atoms with Gasteiger partial charge >= 0.3 is 0 Å². The first-order valence-corrected chi connectivity index (χ1v) is 6.41. The summed E-state index contributed by atoms with van der Waals surface area (Å²) >= 11 is 4.47. The van der Waals surface area contributed by atoms with Gasteiger partial charge in [-0.2, -0.15) is 0 Å². The van der Waals surface area contributed by atoms with Crippen LogP contribution in [-0.4, -0.2) is 14.9 Å². The third-order valence-electron chi connectivity index (χ3n) is 2.23. The molecule has 0 aliphatic carbocycles. The molecule has 1 aromatic rings. The summed E-state index contributed by atoms with van der Waals surface area (Å²) in [5.41, 5.74) is 1.42. The molecule has 0 amide bonds. The fourth-order valence-corrected chi connectivity index (χ4v) is 4.05. The van der Waals surface area contributed by atoms with Crippen LogP contribution in [0.1, 0.15) is 17.9 Å². The van der Waals surface area contributed by atoms with Gasteiger partial charge in [-0.1, -0.05) is 30.3 Å². The summed E-state index contributed by atoms with van der Waals surface area (Å²) in [5.74, 6) is 1.24. The van der Waals surface area contributed by atoms with E-state index in [1.165, 1.54) is 11.3 Å². The van der Waals surface area contributed by atoms with Crippen LogP contribution in [0.25, 0.3) is 0 Å². The Hall–Kier alpha value is 0.260. The lowest BCUT2D eigenvalue weighted by atomic mass is 10.2. The first kappa shape index (κ1) is 9.80. The van der Waals surface area contributed by atoms with Crippen molar-refractivity contribution < 1.29 is 0 Å². The Morgan fingerprint density at radius 2 is 2.08 bits per heavy atom. The molecule has 70 valence electrons. The van der Waals surface area contributed by atoms with E-state index in [0.29, 0.717) is 11.4 Å². The summed E-state index contributed by atoms with van der Waals surface area (Å²) in [6, 6.07) is 11.4. The van der Waals surface area contributed by atoms with E-state index < -0.39 is 0 Å². The van der Waals surface area contributed by atoms with Crippen molar-refractivity contribution in [3.05, 3.63) is 35.9 Å². The maximum Gasteiger partial charge on any atom is 0.0905 e. The van der Waals surface area contributed by atoms with E-state index in [1.807, 2.05) is 11.8 Å². The van der Waals surface area contributed by atoms with Crippen LogP contribution in [0.3, 0.4) is 0 Å². The highest BCUT2D eigenvalue weighted by molar-refractivity contribution is 14.1. The topological polar surface area (TPSA) is 3.24 Å². The molecule has 0 aromatic heterocycles. The lowest BCUT2D eigenvalue weighted by molar-refractivity contribution is 0.448. The van der Waals surface area contributed by atoms with Gasteiger partial charge in [-0.25, -0.2) is 3.11 Å². The smallest absolute Gasteiger partial charge is 0.0905 e. The molecule has 1 aliphatic rings. The predicted molar refractivity (Wildman–Crippen MR) is 67.0 cm³/mol. The molecule has 1 heterocycles. The van der Waals surface area contributed by atoms with E-state index in [9.17, 15) is 0 Å². The molecular formula is C10H12INS. The van der Waals surface area contributed by atoms with Crippen molar-refractivity contribution >= 4 is 34.6 Å². The van der Waals surface area contributed by atoms with Gasteiger partial charge in [-0.3, -0.25) is 0 Å². The van der Waals surface area contributed by atoms with Gasteiger partial charge in [-0.05, 0) is 12.5 Å². The summed E-state index contributed by atoms with van der Waals surface area (Å²) < 4.78 is 2.41. The highest BCUT2D eigenvalue weighted by atomic mass is 127. The van der Waals surface area contributed by atoms with E-state index in [2.05, 4.69) is 63.2 Å². The molecule has 2 rings (SSSR count). The van der Waals surface area contributed by atoms with E-state index in [0.717, 1.165) is 0 Å². The third-order valence-corrected chi connectivity index (χ3v) is 5.60. The number of thioether (sulfide) groups is 1. The van der Waals surface area contributed by atoms with Crippen molar-refractivity contribution in [1.82, 2.24) is 3.11 Å². The molecule has 2 atom stereocenters. The second-order valence-electron chi connectivity index (χ2n) is 3.29. The SMILES string of the molecule is CC1CSC(c2ccccc2)N1I. The second-order valence-corrected chi connectivity index (χ2v) is 5.52. The molecule has 0 spiro atoms. The molecule has 1 saturated heterocycles. The average Bonchev–Trinajstić information content (AvgIpc) is 2.49. The van der Waals surface area contributed by atoms with Crippen molar-refractivity contribution in [3.63, 3.8) is 0 Å². The van der Waals surface area contributed by atoms with Gasteiger partial charge in [0.2, 0.25) is 0 Å². The molecule has 3 heteroatoms. The molecule has 13 heavy (non-hydrogen) atoms. The zero-order valence-electron chi connectivity index (χ0n) is 7.48. The third kappa shape index (κ3) is 2.02. The van der Waals surface area contributed by atoms with Crippen LogP contribution in [0.4, 0.5) is 0 Å². The van der Waals surface area contributed by atoms with Gasteiger partial charge in [0, 0.05) is 34.7 Å². The minimum atomic E-state index is 0.553. The zero-order valence-corrected chi connectivity index (χ0v) is 10.5. The summed E-state index contributed by atoms with van der Waals surface area (Å²) in [7, 11) is 0. The molecule has 0 saturated carbocycles. The highest BCUT2D eigenvalue weighted by Crippen LogP contribution is 2.43. The highest BCUT2D eigenvalue weighted by Gasteiger charge is 2.30. The minimum Gasteiger partial charge on any atom is -0.227 e. The Bertz CT molecular complexity index is 278.